The number of pyridine rings is 2. The zero-order chi connectivity index (χ0) is 21.8. The quantitative estimate of drug-likeness (QED) is 0.435. The van der Waals surface area contributed by atoms with Crippen molar-refractivity contribution in [2.75, 3.05) is 6.61 Å². The number of benzene rings is 1. The summed E-state index contributed by atoms with van der Waals surface area (Å²) in [6.45, 7) is 1.58. The molecule has 4 rings (SSSR count). The SMILES string of the molecule is Cc1nc2c(OCc3ncccc3F)cccn2c1C(=O)C[C@@H](CO)c1ccccc1. The maximum Gasteiger partial charge on any atom is 0.182 e. The monoisotopic (exact) mass is 419 g/mol. The summed E-state index contributed by atoms with van der Waals surface area (Å²) in [4.78, 5) is 21.7. The molecule has 0 saturated carbocycles. The molecule has 3 heterocycles. The predicted molar refractivity (Wildman–Crippen MR) is 114 cm³/mol. The van der Waals surface area contributed by atoms with Crippen LogP contribution in [0.5, 0.6) is 5.75 Å². The van der Waals surface area contributed by atoms with E-state index in [0.717, 1.165) is 5.56 Å². The number of nitrogens with zero attached hydrogens (tertiary/aromatic N) is 3. The van der Waals surface area contributed by atoms with Gasteiger partial charge < -0.3 is 9.84 Å². The van der Waals surface area contributed by atoms with Gasteiger partial charge in [0.1, 0.15) is 23.8 Å². The highest BCUT2D eigenvalue weighted by Crippen LogP contribution is 2.26. The third-order valence-corrected chi connectivity index (χ3v) is 5.17. The number of fused-ring (bicyclic) bond motifs is 1. The van der Waals surface area contributed by atoms with E-state index in [9.17, 15) is 14.3 Å². The Kier molecular flexibility index (Phi) is 6.04. The molecule has 1 atom stereocenters. The van der Waals surface area contributed by atoms with Crippen LogP contribution < -0.4 is 4.74 Å². The highest BCUT2D eigenvalue weighted by Gasteiger charge is 2.23. The highest BCUT2D eigenvalue weighted by molar-refractivity contribution is 5.97. The fourth-order valence-corrected chi connectivity index (χ4v) is 3.61. The number of imidazole rings is 1. The summed E-state index contributed by atoms with van der Waals surface area (Å²) < 4.78 is 21.3. The molecule has 1 N–H and O–H groups in total. The Hall–Kier alpha value is -3.58. The van der Waals surface area contributed by atoms with Gasteiger partial charge in [0.25, 0.3) is 0 Å². The number of halogens is 1. The Labute approximate surface area is 179 Å². The van der Waals surface area contributed by atoms with E-state index in [2.05, 4.69) is 9.97 Å². The average Bonchev–Trinajstić information content (AvgIpc) is 3.14. The summed E-state index contributed by atoms with van der Waals surface area (Å²) in [7, 11) is 0. The fraction of sp³-hybridized carbons (Fsp3) is 0.208. The van der Waals surface area contributed by atoms with Gasteiger partial charge in [-0.15, -0.1) is 0 Å². The minimum atomic E-state index is -0.444. The van der Waals surface area contributed by atoms with Crippen LogP contribution in [-0.2, 0) is 6.61 Å². The van der Waals surface area contributed by atoms with Gasteiger partial charge in [0.15, 0.2) is 17.2 Å². The van der Waals surface area contributed by atoms with Gasteiger partial charge in [-0.3, -0.25) is 14.2 Å². The first-order valence-corrected chi connectivity index (χ1v) is 9.97. The number of ether oxygens (including phenoxy) is 1. The first-order chi connectivity index (χ1) is 15.1. The molecule has 0 aliphatic carbocycles. The van der Waals surface area contributed by atoms with Crippen molar-refractivity contribution < 1.29 is 19.0 Å². The molecule has 0 aliphatic rings. The van der Waals surface area contributed by atoms with Crippen molar-refractivity contribution in [1.29, 1.82) is 0 Å². The number of hydrogen-bond donors (Lipinski definition) is 1. The van der Waals surface area contributed by atoms with Crippen LogP contribution in [0.4, 0.5) is 4.39 Å². The average molecular weight is 419 g/mol. The molecule has 0 bridgehead atoms. The Bertz CT molecular complexity index is 1210. The number of aromatic nitrogens is 3. The second-order valence-corrected chi connectivity index (χ2v) is 7.25. The van der Waals surface area contributed by atoms with Gasteiger partial charge in [-0.2, -0.15) is 0 Å². The van der Waals surface area contributed by atoms with Crippen molar-refractivity contribution in [3.05, 3.63) is 95.5 Å². The van der Waals surface area contributed by atoms with E-state index in [1.165, 1.54) is 18.3 Å². The largest absolute Gasteiger partial charge is 0.483 e. The number of aliphatic hydroxyl groups excluding tert-OH is 1. The van der Waals surface area contributed by atoms with Crippen molar-refractivity contribution in [3.8, 4) is 5.75 Å². The highest BCUT2D eigenvalue weighted by atomic mass is 19.1. The van der Waals surface area contributed by atoms with Gasteiger partial charge in [0.05, 0.1) is 12.3 Å². The van der Waals surface area contributed by atoms with E-state index in [4.69, 9.17) is 4.74 Å². The molecule has 0 unspecified atom stereocenters. The lowest BCUT2D eigenvalue weighted by Crippen LogP contribution is -2.13. The number of rotatable bonds is 8. The number of Topliss-reactive ketones (excluding diaryl/α,β-unsaturated/α-hetero) is 1. The van der Waals surface area contributed by atoms with E-state index in [1.54, 1.807) is 29.7 Å². The van der Waals surface area contributed by atoms with Gasteiger partial charge in [-0.1, -0.05) is 30.3 Å². The van der Waals surface area contributed by atoms with Crippen molar-refractivity contribution in [2.45, 2.75) is 25.9 Å². The number of carbonyl (C=O) groups excluding carboxylic acids is 1. The van der Waals surface area contributed by atoms with Crippen LogP contribution in [0.15, 0.2) is 67.0 Å². The van der Waals surface area contributed by atoms with Crippen LogP contribution in [0.25, 0.3) is 5.65 Å². The van der Waals surface area contributed by atoms with Crippen molar-refractivity contribution >= 4 is 11.4 Å². The van der Waals surface area contributed by atoms with E-state index >= 15 is 0 Å². The molecule has 0 radical (unpaired) electrons. The molecule has 3 aromatic heterocycles. The first-order valence-electron chi connectivity index (χ1n) is 9.97. The minimum Gasteiger partial charge on any atom is -0.483 e. The second kappa shape index (κ2) is 9.06. The molecule has 7 heteroatoms. The molecule has 0 aliphatic heterocycles. The molecule has 1 aromatic carbocycles. The minimum absolute atomic E-state index is 0.0534. The summed E-state index contributed by atoms with van der Waals surface area (Å²) >= 11 is 0. The molecule has 158 valence electrons. The summed E-state index contributed by atoms with van der Waals surface area (Å²) in [5, 5.41) is 9.82. The predicted octanol–water partition coefficient (Wildman–Crippen LogP) is 4.10. The Morgan fingerprint density at radius 3 is 2.71 bits per heavy atom. The maximum atomic E-state index is 13.8. The topological polar surface area (TPSA) is 76.7 Å². The molecule has 0 saturated heterocycles. The Morgan fingerprint density at radius 1 is 1.16 bits per heavy atom. The smallest absolute Gasteiger partial charge is 0.182 e. The van der Waals surface area contributed by atoms with E-state index in [-0.39, 0.29) is 37.0 Å². The van der Waals surface area contributed by atoms with E-state index < -0.39 is 5.82 Å². The normalized spacial score (nSPS) is 12.1. The number of aryl methyl sites for hydroxylation is 1. The lowest BCUT2D eigenvalue weighted by atomic mass is 9.93. The molecular formula is C24H22FN3O3. The lowest BCUT2D eigenvalue weighted by Gasteiger charge is -2.14. The third-order valence-electron chi connectivity index (χ3n) is 5.17. The molecule has 31 heavy (non-hydrogen) atoms. The molecular weight excluding hydrogens is 397 g/mol. The number of ketones is 1. The zero-order valence-corrected chi connectivity index (χ0v) is 17.0. The van der Waals surface area contributed by atoms with Crippen LogP contribution in [0.3, 0.4) is 0 Å². The third kappa shape index (κ3) is 4.32. The van der Waals surface area contributed by atoms with E-state index in [0.29, 0.717) is 22.8 Å². The van der Waals surface area contributed by atoms with Gasteiger partial charge in [0, 0.05) is 24.7 Å². The summed E-state index contributed by atoms with van der Waals surface area (Å²) in [5.74, 6) is -0.441. The van der Waals surface area contributed by atoms with Crippen LogP contribution in [0, 0.1) is 12.7 Å². The maximum absolute atomic E-state index is 13.8. The standard InChI is InChI=1S/C24H22FN3O3/c1-16-23(21(30)13-18(14-29)17-7-3-2-4-8-17)28-12-6-10-22(24(28)27-16)31-15-20-19(25)9-5-11-26-20/h2-12,18,29H,13-15H2,1H3/t18-/m0/s1. The zero-order valence-electron chi connectivity index (χ0n) is 17.0. The lowest BCUT2D eigenvalue weighted by molar-refractivity contribution is 0.0953. The second-order valence-electron chi connectivity index (χ2n) is 7.25. The van der Waals surface area contributed by atoms with Crippen molar-refractivity contribution in [1.82, 2.24) is 14.4 Å². The Balaban J connectivity index is 1.60. The molecule has 4 aromatic rings. The number of aliphatic hydroxyl groups is 1. The summed E-state index contributed by atoms with van der Waals surface area (Å²) in [5.41, 5.74) is 2.58. The molecule has 0 amide bonds. The van der Waals surface area contributed by atoms with Crippen molar-refractivity contribution in [2.24, 2.45) is 0 Å². The van der Waals surface area contributed by atoms with Gasteiger partial charge in [-0.25, -0.2) is 9.37 Å². The van der Waals surface area contributed by atoms with Crippen molar-refractivity contribution in [3.63, 3.8) is 0 Å². The first kappa shape index (κ1) is 20.7. The molecule has 0 spiro atoms. The van der Waals surface area contributed by atoms with Gasteiger partial charge in [-0.05, 0) is 36.8 Å². The fourth-order valence-electron chi connectivity index (χ4n) is 3.61. The summed E-state index contributed by atoms with van der Waals surface area (Å²) in [6, 6.07) is 15.8. The van der Waals surface area contributed by atoms with E-state index in [1.807, 2.05) is 30.3 Å². The van der Waals surface area contributed by atoms with Crippen LogP contribution >= 0.6 is 0 Å². The van der Waals surface area contributed by atoms with Gasteiger partial charge >= 0.3 is 0 Å². The van der Waals surface area contributed by atoms with Gasteiger partial charge in [0.2, 0.25) is 0 Å². The summed E-state index contributed by atoms with van der Waals surface area (Å²) in [6.07, 6.45) is 3.40. The molecule has 0 fully saturated rings. The molecule has 6 nitrogen and oxygen atoms in total. The number of carbonyl (C=O) groups is 1. The Morgan fingerprint density at radius 2 is 1.97 bits per heavy atom. The van der Waals surface area contributed by atoms with Crippen LogP contribution in [0.2, 0.25) is 0 Å². The number of hydrogen-bond acceptors (Lipinski definition) is 5. The van der Waals surface area contributed by atoms with Crippen LogP contribution in [-0.4, -0.2) is 31.9 Å². The van der Waals surface area contributed by atoms with Crippen LogP contribution in [0.1, 0.15) is 39.8 Å².